The fourth-order valence-electron chi connectivity index (χ4n) is 3.15. The van der Waals surface area contributed by atoms with Gasteiger partial charge in [-0.05, 0) is 24.3 Å². The normalized spacial score (nSPS) is 14.7. The number of nitrogens with two attached hydrogens (primary N) is 1. The summed E-state index contributed by atoms with van der Waals surface area (Å²) in [5, 5.41) is 0.421. The molecule has 0 radical (unpaired) electrons. The zero-order chi connectivity index (χ0) is 21.3. The molecular weight excluding hydrogens is 426 g/mol. The van der Waals surface area contributed by atoms with Crippen molar-refractivity contribution in [3.8, 4) is 22.5 Å². The summed E-state index contributed by atoms with van der Waals surface area (Å²) in [5.74, 6) is 0.829. The van der Waals surface area contributed by atoms with Gasteiger partial charge in [-0.15, -0.1) is 0 Å². The van der Waals surface area contributed by atoms with E-state index in [1.54, 1.807) is 36.5 Å². The van der Waals surface area contributed by atoms with Gasteiger partial charge in [0.05, 0.1) is 34.5 Å². The molecule has 8 nitrogen and oxygen atoms in total. The van der Waals surface area contributed by atoms with Gasteiger partial charge in [0.2, 0.25) is 5.95 Å². The quantitative estimate of drug-likeness (QED) is 0.652. The van der Waals surface area contributed by atoms with Gasteiger partial charge in [0, 0.05) is 36.7 Å². The number of aromatic nitrogens is 3. The van der Waals surface area contributed by atoms with E-state index >= 15 is 0 Å². The third kappa shape index (κ3) is 4.38. The highest BCUT2D eigenvalue weighted by Gasteiger charge is 2.19. The molecule has 0 aliphatic carbocycles. The van der Waals surface area contributed by atoms with Crippen LogP contribution in [0.2, 0.25) is 5.02 Å². The molecule has 4 rings (SSSR count). The van der Waals surface area contributed by atoms with Crippen molar-refractivity contribution in [1.29, 1.82) is 0 Å². The summed E-state index contributed by atoms with van der Waals surface area (Å²) >= 11 is 6.39. The Morgan fingerprint density at radius 1 is 1.10 bits per heavy atom. The van der Waals surface area contributed by atoms with Crippen molar-refractivity contribution < 1.29 is 13.2 Å². The SMILES string of the molecule is CS(=O)(=O)c1cccc(-c2cc(-c3cnc(N)cc3Cl)nc(N3CCOCC3)n2)c1. The van der Waals surface area contributed by atoms with E-state index in [-0.39, 0.29) is 4.90 Å². The Balaban J connectivity index is 1.88. The van der Waals surface area contributed by atoms with Gasteiger partial charge < -0.3 is 15.4 Å². The number of halogens is 1. The van der Waals surface area contributed by atoms with E-state index in [0.717, 1.165) is 0 Å². The Morgan fingerprint density at radius 3 is 2.53 bits per heavy atom. The lowest BCUT2D eigenvalue weighted by molar-refractivity contribution is 0.122. The van der Waals surface area contributed by atoms with E-state index in [4.69, 9.17) is 32.0 Å². The molecule has 0 atom stereocenters. The number of morpholine rings is 1. The standard InChI is InChI=1S/C20H20ClN5O3S/c1-30(27,28)14-4-2-3-13(9-14)17-11-18(15-12-23-19(22)10-16(15)21)25-20(24-17)26-5-7-29-8-6-26/h2-4,9-12H,5-8H2,1H3,(H2,22,23). The third-order valence-corrected chi connectivity index (χ3v) is 6.14. The van der Waals surface area contributed by atoms with E-state index in [1.165, 1.54) is 6.26 Å². The lowest BCUT2D eigenvalue weighted by Crippen LogP contribution is -2.37. The fraction of sp³-hybridized carbons (Fsp3) is 0.250. The smallest absolute Gasteiger partial charge is 0.226 e. The molecule has 1 aliphatic rings. The first-order valence-corrected chi connectivity index (χ1v) is 11.5. The summed E-state index contributed by atoms with van der Waals surface area (Å²) in [6.07, 6.45) is 2.75. The average Bonchev–Trinajstić information content (AvgIpc) is 2.73. The highest BCUT2D eigenvalue weighted by Crippen LogP contribution is 2.32. The number of sulfone groups is 1. The van der Waals surface area contributed by atoms with Gasteiger partial charge in [-0.3, -0.25) is 0 Å². The van der Waals surface area contributed by atoms with Crippen LogP contribution in [0.1, 0.15) is 0 Å². The summed E-state index contributed by atoms with van der Waals surface area (Å²) < 4.78 is 29.4. The summed E-state index contributed by atoms with van der Waals surface area (Å²) in [6, 6.07) is 10.0. The van der Waals surface area contributed by atoms with Crippen LogP contribution in [-0.2, 0) is 14.6 Å². The van der Waals surface area contributed by atoms with Crippen molar-refractivity contribution in [1.82, 2.24) is 15.0 Å². The number of anilines is 2. The molecule has 10 heteroatoms. The van der Waals surface area contributed by atoms with Crippen LogP contribution in [0.3, 0.4) is 0 Å². The molecule has 2 aromatic heterocycles. The summed E-state index contributed by atoms with van der Waals surface area (Å²) in [6.45, 7) is 2.47. The molecule has 3 heterocycles. The molecule has 30 heavy (non-hydrogen) atoms. The van der Waals surface area contributed by atoms with Gasteiger partial charge in [-0.25, -0.2) is 23.4 Å². The Bertz CT molecular complexity index is 1200. The van der Waals surface area contributed by atoms with Crippen molar-refractivity contribution in [2.24, 2.45) is 0 Å². The Hall–Kier alpha value is -2.75. The second kappa shape index (κ2) is 8.17. The lowest BCUT2D eigenvalue weighted by atomic mass is 10.1. The summed E-state index contributed by atoms with van der Waals surface area (Å²) in [7, 11) is -3.35. The molecule has 0 spiro atoms. The number of nitrogens with zero attached hydrogens (tertiary/aromatic N) is 4. The Morgan fingerprint density at radius 2 is 1.83 bits per heavy atom. The summed E-state index contributed by atoms with van der Waals surface area (Å²) in [5.41, 5.74) is 8.16. The van der Waals surface area contributed by atoms with Crippen molar-refractivity contribution in [3.05, 3.63) is 47.6 Å². The minimum Gasteiger partial charge on any atom is -0.384 e. The third-order valence-electron chi connectivity index (χ3n) is 4.72. The predicted octanol–water partition coefficient (Wildman–Crippen LogP) is 2.68. The molecule has 1 saturated heterocycles. The summed E-state index contributed by atoms with van der Waals surface area (Å²) in [4.78, 5) is 15.8. The predicted molar refractivity (Wildman–Crippen MR) is 116 cm³/mol. The van der Waals surface area contributed by atoms with Gasteiger partial charge >= 0.3 is 0 Å². The molecule has 3 aromatic rings. The first-order chi connectivity index (χ1) is 14.3. The number of ether oxygens (including phenoxy) is 1. The van der Waals surface area contributed by atoms with Crippen molar-refractivity contribution in [3.63, 3.8) is 0 Å². The van der Waals surface area contributed by atoms with Crippen molar-refractivity contribution >= 4 is 33.2 Å². The molecular formula is C20H20ClN5O3S. The van der Waals surface area contributed by atoms with Crippen LogP contribution in [0.4, 0.5) is 11.8 Å². The number of pyridine rings is 1. The number of nitrogen functional groups attached to an aromatic ring is 1. The number of benzene rings is 1. The maximum atomic E-state index is 12.0. The van der Waals surface area contributed by atoms with Gasteiger partial charge in [0.15, 0.2) is 9.84 Å². The lowest BCUT2D eigenvalue weighted by Gasteiger charge is -2.27. The van der Waals surface area contributed by atoms with Crippen LogP contribution in [0.25, 0.3) is 22.5 Å². The monoisotopic (exact) mass is 445 g/mol. The molecule has 0 unspecified atom stereocenters. The molecule has 2 N–H and O–H groups in total. The van der Waals surface area contributed by atoms with Gasteiger partial charge in [0.1, 0.15) is 5.82 Å². The minimum atomic E-state index is -3.35. The van der Waals surface area contributed by atoms with E-state index in [1.807, 2.05) is 11.0 Å². The van der Waals surface area contributed by atoms with Gasteiger partial charge in [-0.1, -0.05) is 23.7 Å². The zero-order valence-corrected chi connectivity index (χ0v) is 17.8. The maximum absolute atomic E-state index is 12.0. The Kier molecular flexibility index (Phi) is 5.59. The largest absolute Gasteiger partial charge is 0.384 e. The first kappa shape index (κ1) is 20.5. The molecule has 0 amide bonds. The van der Waals surface area contributed by atoms with Gasteiger partial charge in [-0.2, -0.15) is 0 Å². The Labute approximate surface area is 179 Å². The van der Waals surface area contributed by atoms with E-state index in [9.17, 15) is 8.42 Å². The van der Waals surface area contributed by atoms with Crippen LogP contribution in [0, 0.1) is 0 Å². The highest BCUT2D eigenvalue weighted by atomic mass is 35.5. The van der Waals surface area contributed by atoms with Crippen LogP contribution in [0.15, 0.2) is 47.5 Å². The first-order valence-electron chi connectivity index (χ1n) is 9.25. The molecule has 1 aliphatic heterocycles. The molecule has 0 bridgehead atoms. The highest BCUT2D eigenvalue weighted by molar-refractivity contribution is 7.90. The second-order valence-corrected chi connectivity index (χ2v) is 9.35. The minimum absolute atomic E-state index is 0.222. The number of hydrogen-bond donors (Lipinski definition) is 1. The second-order valence-electron chi connectivity index (χ2n) is 6.93. The number of hydrogen-bond acceptors (Lipinski definition) is 8. The molecule has 0 saturated carbocycles. The van der Waals surface area contributed by atoms with Crippen LogP contribution in [0.5, 0.6) is 0 Å². The number of rotatable bonds is 4. The van der Waals surface area contributed by atoms with Gasteiger partial charge in [0.25, 0.3) is 0 Å². The molecule has 1 aromatic carbocycles. The van der Waals surface area contributed by atoms with Crippen LogP contribution < -0.4 is 10.6 Å². The van der Waals surface area contributed by atoms with E-state index < -0.39 is 9.84 Å². The topological polar surface area (TPSA) is 111 Å². The molecule has 1 fully saturated rings. The fourth-order valence-corrected chi connectivity index (χ4v) is 4.07. The van der Waals surface area contributed by atoms with E-state index in [2.05, 4.69) is 4.98 Å². The van der Waals surface area contributed by atoms with Crippen molar-refractivity contribution in [2.45, 2.75) is 4.90 Å². The van der Waals surface area contributed by atoms with Crippen molar-refractivity contribution in [2.75, 3.05) is 43.2 Å². The average molecular weight is 446 g/mol. The maximum Gasteiger partial charge on any atom is 0.226 e. The zero-order valence-electron chi connectivity index (χ0n) is 16.2. The van der Waals surface area contributed by atoms with Crippen LogP contribution in [-0.4, -0.2) is 55.9 Å². The molecule has 156 valence electrons. The van der Waals surface area contributed by atoms with Crippen LogP contribution >= 0.6 is 11.6 Å². The van der Waals surface area contributed by atoms with E-state index in [0.29, 0.717) is 65.6 Å².